The largest absolute Gasteiger partial charge is 0.466 e. The van der Waals surface area contributed by atoms with E-state index in [1.807, 2.05) is 12.1 Å². The molecule has 0 amide bonds. The lowest BCUT2D eigenvalue weighted by Crippen LogP contribution is -2.09. The monoisotopic (exact) mass is 262 g/mol. The lowest BCUT2D eigenvalue weighted by molar-refractivity contribution is -0.142. The summed E-state index contributed by atoms with van der Waals surface area (Å²) in [6.07, 6.45) is 3.30. The van der Waals surface area contributed by atoms with E-state index in [2.05, 4.69) is 9.97 Å². The Balaban J connectivity index is 2.33. The Morgan fingerprint density at radius 1 is 1.53 bits per heavy atom. The summed E-state index contributed by atoms with van der Waals surface area (Å²) in [6.45, 7) is 2.30. The topological polar surface area (TPSA) is 75.2 Å². The van der Waals surface area contributed by atoms with Crippen LogP contribution in [0.2, 0.25) is 0 Å². The average molecular weight is 262 g/mol. The number of nitrogens with zero attached hydrogens (tertiary/aromatic N) is 1. The molecule has 0 spiro atoms. The van der Waals surface area contributed by atoms with Gasteiger partial charge in [0.2, 0.25) is 0 Å². The van der Waals surface area contributed by atoms with Crippen LogP contribution >= 0.6 is 0 Å². The zero-order valence-corrected chi connectivity index (χ0v) is 11.0. The smallest absolute Gasteiger partial charge is 0.310 e. The van der Waals surface area contributed by atoms with Crippen molar-refractivity contribution in [3.63, 3.8) is 0 Å². The highest BCUT2D eigenvalue weighted by atomic mass is 16.5. The van der Waals surface area contributed by atoms with Crippen molar-refractivity contribution < 1.29 is 14.6 Å². The summed E-state index contributed by atoms with van der Waals surface area (Å²) in [5.74, 6) is -0.238. The van der Waals surface area contributed by atoms with E-state index in [9.17, 15) is 4.79 Å². The summed E-state index contributed by atoms with van der Waals surface area (Å²) in [7, 11) is 0. The maximum atomic E-state index is 11.7. The molecule has 2 aromatic heterocycles. The van der Waals surface area contributed by atoms with Crippen LogP contribution in [0.3, 0.4) is 0 Å². The van der Waals surface area contributed by atoms with Crippen LogP contribution in [0.1, 0.15) is 24.6 Å². The normalized spacial score (nSPS) is 10.8. The van der Waals surface area contributed by atoms with Crippen molar-refractivity contribution in [3.8, 4) is 0 Å². The Morgan fingerprint density at radius 2 is 2.37 bits per heavy atom. The van der Waals surface area contributed by atoms with Crippen LogP contribution < -0.4 is 0 Å². The summed E-state index contributed by atoms with van der Waals surface area (Å²) >= 11 is 0. The van der Waals surface area contributed by atoms with E-state index in [-0.39, 0.29) is 19.0 Å². The maximum absolute atomic E-state index is 11.7. The Hall–Kier alpha value is -1.88. The second-order valence-electron chi connectivity index (χ2n) is 4.29. The molecule has 0 saturated carbocycles. The molecule has 2 heterocycles. The third-order valence-electron chi connectivity index (χ3n) is 2.98. The quantitative estimate of drug-likeness (QED) is 0.775. The number of hydrogen-bond donors (Lipinski definition) is 2. The number of aromatic nitrogens is 2. The van der Waals surface area contributed by atoms with Gasteiger partial charge in [-0.2, -0.15) is 0 Å². The molecule has 19 heavy (non-hydrogen) atoms. The molecular formula is C14H18N2O3. The minimum absolute atomic E-state index is 0.127. The number of rotatable bonds is 6. The Labute approximate surface area is 111 Å². The number of H-pyrrole nitrogens is 1. The van der Waals surface area contributed by atoms with Crippen LogP contribution in [-0.2, 0) is 22.4 Å². The van der Waals surface area contributed by atoms with Crippen LogP contribution in [0.4, 0.5) is 0 Å². The fourth-order valence-electron chi connectivity index (χ4n) is 2.16. The lowest BCUT2D eigenvalue weighted by Gasteiger charge is -2.04. The first-order valence-electron chi connectivity index (χ1n) is 6.47. The van der Waals surface area contributed by atoms with E-state index in [1.54, 1.807) is 13.1 Å². The van der Waals surface area contributed by atoms with E-state index in [0.717, 1.165) is 22.3 Å². The number of fused-ring (bicyclic) bond motifs is 1. The first kappa shape index (κ1) is 13.5. The van der Waals surface area contributed by atoms with Gasteiger partial charge in [-0.3, -0.25) is 4.79 Å². The van der Waals surface area contributed by atoms with Crippen molar-refractivity contribution in [3.05, 3.63) is 29.6 Å². The van der Waals surface area contributed by atoms with Gasteiger partial charge in [0.05, 0.1) is 13.0 Å². The second kappa shape index (κ2) is 6.33. The van der Waals surface area contributed by atoms with Crippen molar-refractivity contribution >= 4 is 17.0 Å². The van der Waals surface area contributed by atoms with Crippen LogP contribution in [0.15, 0.2) is 18.3 Å². The number of carbonyl (C=O) groups is 1. The predicted octanol–water partition coefficient (Wildman–Crippen LogP) is 1.59. The molecule has 2 N–H and O–H groups in total. The highest BCUT2D eigenvalue weighted by molar-refractivity contribution is 5.86. The number of ether oxygens (including phenoxy) is 1. The Morgan fingerprint density at radius 3 is 3.11 bits per heavy atom. The summed E-state index contributed by atoms with van der Waals surface area (Å²) in [5, 5.41) is 9.89. The average Bonchev–Trinajstić information content (AvgIpc) is 2.75. The highest BCUT2D eigenvalue weighted by Crippen LogP contribution is 2.22. The molecule has 0 fully saturated rings. The summed E-state index contributed by atoms with van der Waals surface area (Å²) in [4.78, 5) is 19.1. The molecule has 5 nitrogen and oxygen atoms in total. The molecule has 0 aliphatic rings. The fraction of sp³-hybridized carbons (Fsp3) is 0.429. The van der Waals surface area contributed by atoms with Crippen LogP contribution in [-0.4, -0.2) is 34.3 Å². The van der Waals surface area contributed by atoms with E-state index in [0.29, 0.717) is 19.4 Å². The van der Waals surface area contributed by atoms with Crippen molar-refractivity contribution in [1.29, 1.82) is 0 Å². The number of aliphatic hydroxyl groups is 1. The molecule has 0 aliphatic heterocycles. The minimum Gasteiger partial charge on any atom is -0.466 e. The molecule has 0 radical (unpaired) electrons. The highest BCUT2D eigenvalue weighted by Gasteiger charge is 2.15. The number of carbonyl (C=O) groups excluding carboxylic acids is 1. The first-order chi connectivity index (χ1) is 9.26. The van der Waals surface area contributed by atoms with Gasteiger partial charge in [0.25, 0.3) is 0 Å². The zero-order valence-electron chi connectivity index (χ0n) is 11.0. The number of nitrogens with one attached hydrogen (secondary N) is 1. The third kappa shape index (κ3) is 3.12. The van der Waals surface area contributed by atoms with E-state index >= 15 is 0 Å². The lowest BCUT2D eigenvalue weighted by atomic mass is 10.1. The number of pyridine rings is 1. The molecule has 0 saturated heterocycles. The second-order valence-corrected chi connectivity index (χ2v) is 4.29. The molecule has 2 aromatic rings. The third-order valence-corrected chi connectivity index (χ3v) is 2.98. The van der Waals surface area contributed by atoms with Crippen molar-refractivity contribution in [2.24, 2.45) is 0 Å². The van der Waals surface area contributed by atoms with E-state index < -0.39 is 0 Å². The number of aliphatic hydroxyl groups excluding tert-OH is 1. The number of hydrogen-bond acceptors (Lipinski definition) is 4. The standard InChI is InChI=1S/C14H18N2O3/c1-2-19-13(18)9-11-10-5-3-7-15-14(10)16-12(11)6-4-8-17/h3,5,7,17H,2,4,6,8-9H2,1H3,(H,15,16). The number of aromatic amines is 1. The Kier molecular flexibility index (Phi) is 4.52. The van der Waals surface area contributed by atoms with Crippen LogP contribution in [0.5, 0.6) is 0 Å². The molecule has 0 bridgehead atoms. The van der Waals surface area contributed by atoms with Gasteiger partial charge in [0.1, 0.15) is 5.65 Å². The van der Waals surface area contributed by atoms with Gasteiger partial charge in [0.15, 0.2) is 0 Å². The summed E-state index contributed by atoms with van der Waals surface area (Å²) in [6, 6.07) is 3.79. The molecule has 0 aromatic carbocycles. The van der Waals surface area contributed by atoms with Gasteiger partial charge in [-0.15, -0.1) is 0 Å². The zero-order chi connectivity index (χ0) is 13.7. The predicted molar refractivity (Wildman–Crippen MR) is 71.8 cm³/mol. The van der Waals surface area contributed by atoms with E-state index in [1.165, 1.54) is 0 Å². The number of esters is 1. The molecule has 0 aliphatic carbocycles. The fourth-order valence-corrected chi connectivity index (χ4v) is 2.16. The summed E-state index contributed by atoms with van der Waals surface area (Å²) < 4.78 is 5.00. The summed E-state index contributed by atoms with van der Waals surface area (Å²) in [5.41, 5.74) is 2.65. The van der Waals surface area contributed by atoms with Crippen molar-refractivity contribution in [1.82, 2.24) is 9.97 Å². The van der Waals surface area contributed by atoms with E-state index in [4.69, 9.17) is 9.84 Å². The van der Waals surface area contributed by atoms with Crippen molar-refractivity contribution in [2.45, 2.75) is 26.2 Å². The van der Waals surface area contributed by atoms with Gasteiger partial charge in [-0.05, 0) is 37.5 Å². The molecule has 5 heteroatoms. The first-order valence-corrected chi connectivity index (χ1v) is 6.47. The van der Waals surface area contributed by atoms with Gasteiger partial charge < -0.3 is 14.8 Å². The molecule has 0 unspecified atom stereocenters. The maximum Gasteiger partial charge on any atom is 0.310 e. The van der Waals surface area contributed by atoms with Crippen LogP contribution in [0.25, 0.3) is 11.0 Å². The van der Waals surface area contributed by atoms with Gasteiger partial charge in [-0.25, -0.2) is 4.98 Å². The van der Waals surface area contributed by atoms with Gasteiger partial charge in [-0.1, -0.05) is 0 Å². The number of aryl methyl sites for hydroxylation is 1. The SMILES string of the molecule is CCOC(=O)Cc1c(CCCO)[nH]c2ncccc12. The Bertz CT molecular complexity index is 563. The van der Waals surface area contributed by atoms with Crippen molar-refractivity contribution in [2.75, 3.05) is 13.2 Å². The van der Waals surface area contributed by atoms with Gasteiger partial charge >= 0.3 is 5.97 Å². The molecule has 102 valence electrons. The molecule has 0 atom stereocenters. The molecule has 2 rings (SSSR count). The molecular weight excluding hydrogens is 244 g/mol. The van der Waals surface area contributed by atoms with Crippen LogP contribution in [0, 0.1) is 0 Å². The van der Waals surface area contributed by atoms with Gasteiger partial charge in [0, 0.05) is 23.9 Å². The minimum atomic E-state index is -0.238.